The lowest BCUT2D eigenvalue weighted by Crippen LogP contribution is -2.41. The average molecular weight is 290 g/mol. The third-order valence-corrected chi connectivity index (χ3v) is 6.15. The van der Waals surface area contributed by atoms with E-state index in [9.17, 15) is 0 Å². The van der Waals surface area contributed by atoms with Crippen molar-refractivity contribution in [1.29, 1.82) is 0 Å². The van der Waals surface area contributed by atoms with Gasteiger partial charge in [-0.15, -0.1) is 0 Å². The summed E-state index contributed by atoms with van der Waals surface area (Å²) in [4.78, 5) is 0. The Hall–Kier alpha value is -0.300. The smallest absolute Gasteiger partial charge is 0.00700 e. The normalized spacial score (nSPS) is 33.5. The Balaban J connectivity index is 1.35. The van der Waals surface area contributed by atoms with Gasteiger partial charge >= 0.3 is 0 Å². The largest absolute Gasteiger partial charge is 0.311 e. The molecule has 3 aliphatic rings. The maximum absolute atomic E-state index is 3.96. The predicted molar refractivity (Wildman–Crippen MR) is 91.5 cm³/mol. The van der Waals surface area contributed by atoms with E-state index < -0.39 is 0 Å². The summed E-state index contributed by atoms with van der Waals surface area (Å²) in [5.74, 6) is 1.80. The highest BCUT2D eigenvalue weighted by atomic mass is 14.9. The summed E-state index contributed by atoms with van der Waals surface area (Å²) in [7, 11) is 0. The highest BCUT2D eigenvalue weighted by Crippen LogP contribution is 2.30. The van der Waals surface area contributed by atoms with Gasteiger partial charge in [-0.25, -0.2) is 0 Å². The van der Waals surface area contributed by atoms with Gasteiger partial charge < -0.3 is 5.32 Å². The molecule has 0 saturated heterocycles. The third kappa shape index (κ3) is 5.13. The summed E-state index contributed by atoms with van der Waals surface area (Å²) < 4.78 is 0. The van der Waals surface area contributed by atoms with Crippen LogP contribution in [0.25, 0.3) is 0 Å². The van der Waals surface area contributed by atoms with E-state index in [0.717, 1.165) is 23.9 Å². The van der Waals surface area contributed by atoms with Crippen LogP contribution in [0.4, 0.5) is 0 Å². The Labute approximate surface area is 132 Å². The minimum atomic E-state index is 0.826. The van der Waals surface area contributed by atoms with Crippen molar-refractivity contribution in [2.45, 2.75) is 102 Å². The molecule has 0 aromatic rings. The van der Waals surface area contributed by atoms with Gasteiger partial charge in [0.15, 0.2) is 0 Å². The summed E-state index contributed by atoms with van der Waals surface area (Å²) in [6, 6.07) is 1.67. The summed E-state index contributed by atoms with van der Waals surface area (Å²) in [6.45, 7) is 0. The van der Waals surface area contributed by atoms with Gasteiger partial charge in [0.1, 0.15) is 0 Å². The quantitative estimate of drug-likeness (QED) is 0.664. The molecule has 0 heterocycles. The van der Waals surface area contributed by atoms with Crippen LogP contribution < -0.4 is 5.32 Å². The minimum absolute atomic E-state index is 0.826. The van der Waals surface area contributed by atoms with E-state index in [0.29, 0.717) is 0 Å². The Kier molecular flexibility index (Phi) is 6.21. The second kappa shape index (κ2) is 8.36. The molecule has 0 aliphatic heterocycles. The van der Waals surface area contributed by atoms with Crippen LogP contribution in [-0.2, 0) is 0 Å². The van der Waals surface area contributed by atoms with Crippen LogP contribution in [0.3, 0.4) is 0 Å². The molecule has 1 nitrogen and oxygen atoms in total. The molecule has 0 unspecified atom stereocenters. The second-order valence-corrected chi connectivity index (χ2v) is 7.90. The van der Waals surface area contributed by atoms with Gasteiger partial charge in [0.05, 0.1) is 0 Å². The van der Waals surface area contributed by atoms with Gasteiger partial charge in [-0.1, -0.05) is 50.7 Å². The number of hydrogen-bond donors (Lipinski definition) is 1. The van der Waals surface area contributed by atoms with Crippen molar-refractivity contribution in [3.8, 4) is 0 Å². The molecule has 0 aromatic carbocycles. The second-order valence-electron chi connectivity index (χ2n) is 7.90. The predicted octanol–water partition coefficient (Wildman–Crippen LogP) is 5.60. The fourth-order valence-electron chi connectivity index (χ4n) is 4.72. The van der Waals surface area contributed by atoms with Gasteiger partial charge in [-0.3, -0.25) is 0 Å². The van der Waals surface area contributed by atoms with Crippen molar-refractivity contribution >= 4 is 0 Å². The molecule has 0 spiro atoms. The first kappa shape index (κ1) is 15.6. The number of nitrogens with one attached hydrogen (secondary N) is 1. The topological polar surface area (TPSA) is 12.0 Å². The summed E-state index contributed by atoms with van der Waals surface area (Å²) >= 11 is 0. The van der Waals surface area contributed by atoms with Crippen molar-refractivity contribution < 1.29 is 0 Å². The molecule has 3 aliphatic carbocycles. The first-order valence-corrected chi connectivity index (χ1v) is 9.84. The molecule has 3 rings (SSSR count). The molecule has 0 aromatic heterocycles. The van der Waals surface area contributed by atoms with Crippen LogP contribution in [0, 0.1) is 11.8 Å². The average Bonchev–Trinajstić information content (AvgIpc) is 2.56. The highest BCUT2D eigenvalue weighted by molar-refractivity contribution is 4.96. The fourth-order valence-corrected chi connectivity index (χ4v) is 4.72. The van der Waals surface area contributed by atoms with E-state index in [1.807, 2.05) is 0 Å². The zero-order chi connectivity index (χ0) is 14.3. The van der Waals surface area contributed by atoms with E-state index in [4.69, 9.17) is 0 Å². The van der Waals surface area contributed by atoms with Crippen LogP contribution >= 0.6 is 0 Å². The van der Waals surface area contributed by atoms with E-state index in [2.05, 4.69) is 17.5 Å². The molecule has 0 radical (unpaired) electrons. The molecule has 1 N–H and O–H groups in total. The third-order valence-electron chi connectivity index (χ3n) is 6.15. The van der Waals surface area contributed by atoms with E-state index in [1.165, 1.54) is 89.9 Å². The monoisotopic (exact) mass is 289 g/mol. The van der Waals surface area contributed by atoms with Crippen molar-refractivity contribution in [2.75, 3.05) is 0 Å². The first-order valence-electron chi connectivity index (χ1n) is 9.84. The summed E-state index contributed by atoms with van der Waals surface area (Å²) in [5.41, 5.74) is 0. The number of hydrogen-bond acceptors (Lipinski definition) is 1. The molecule has 0 bridgehead atoms. The minimum Gasteiger partial charge on any atom is -0.311 e. The van der Waals surface area contributed by atoms with E-state index >= 15 is 0 Å². The zero-order valence-electron chi connectivity index (χ0n) is 13.9. The van der Waals surface area contributed by atoms with Gasteiger partial charge in [-0.05, 0) is 63.2 Å². The van der Waals surface area contributed by atoms with E-state index in [-0.39, 0.29) is 0 Å². The Morgan fingerprint density at radius 3 is 1.57 bits per heavy atom. The maximum atomic E-state index is 3.96. The molecule has 0 amide bonds. The molecule has 1 heteroatoms. The van der Waals surface area contributed by atoms with Crippen molar-refractivity contribution in [2.24, 2.45) is 11.8 Å². The van der Waals surface area contributed by atoms with Crippen LogP contribution in [0.5, 0.6) is 0 Å². The lowest BCUT2D eigenvalue weighted by atomic mass is 9.83. The Morgan fingerprint density at radius 1 is 0.476 bits per heavy atom. The van der Waals surface area contributed by atoms with Crippen LogP contribution in [0.1, 0.15) is 89.9 Å². The van der Waals surface area contributed by atoms with Gasteiger partial charge in [0.25, 0.3) is 0 Å². The van der Waals surface area contributed by atoms with Gasteiger partial charge in [0, 0.05) is 12.1 Å². The standard InChI is InChI=1S/C20H35N/c1-3-7-17(8-4-1)11-12-18-13-15-20(16-14-18)21-19-9-5-2-6-10-19/h11-12,17-21H,1-10,13-16H2/b12-11+. The summed E-state index contributed by atoms with van der Waals surface area (Å²) in [5, 5.41) is 3.96. The molecule has 120 valence electrons. The molecular weight excluding hydrogens is 254 g/mol. The van der Waals surface area contributed by atoms with Crippen molar-refractivity contribution in [1.82, 2.24) is 5.32 Å². The van der Waals surface area contributed by atoms with E-state index in [1.54, 1.807) is 0 Å². The zero-order valence-corrected chi connectivity index (χ0v) is 13.9. The van der Waals surface area contributed by atoms with Crippen LogP contribution in [0.2, 0.25) is 0 Å². The fraction of sp³-hybridized carbons (Fsp3) is 0.900. The van der Waals surface area contributed by atoms with Crippen LogP contribution in [-0.4, -0.2) is 12.1 Å². The molecule has 0 atom stereocenters. The summed E-state index contributed by atoms with van der Waals surface area (Å²) in [6.07, 6.45) is 25.4. The van der Waals surface area contributed by atoms with Crippen molar-refractivity contribution in [3.05, 3.63) is 12.2 Å². The number of allylic oxidation sites excluding steroid dienone is 2. The lowest BCUT2D eigenvalue weighted by molar-refractivity contribution is 0.270. The Morgan fingerprint density at radius 2 is 0.952 bits per heavy atom. The van der Waals surface area contributed by atoms with Gasteiger partial charge in [-0.2, -0.15) is 0 Å². The maximum Gasteiger partial charge on any atom is 0.00700 e. The molecule has 3 saturated carbocycles. The molecule has 3 fully saturated rings. The number of rotatable bonds is 4. The van der Waals surface area contributed by atoms with Gasteiger partial charge in [0.2, 0.25) is 0 Å². The molecular formula is C20H35N. The Bertz CT molecular complexity index is 302. The molecule has 21 heavy (non-hydrogen) atoms. The van der Waals surface area contributed by atoms with Crippen molar-refractivity contribution in [3.63, 3.8) is 0 Å². The lowest BCUT2D eigenvalue weighted by Gasteiger charge is -2.33. The van der Waals surface area contributed by atoms with Crippen LogP contribution in [0.15, 0.2) is 12.2 Å². The first-order chi connectivity index (χ1) is 10.4. The SMILES string of the molecule is C(=C\C1CCC(NC2CCCCC2)CC1)/C1CCCCC1. The highest BCUT2D eigenvalue weighted by Gasteiger charge is 2.23.